The number of nitriles is 1. The van der Waals surface area contributed by atoms with Crippen LogP contribution in [0.4, 0.5) is 24.5 Å². The molecule has 0 saturated carbocycles. The number of hydrogen-bond acceptors (Lipinski definition) is 6. The van der Waals surface area contributed by atoms with E-state index in [9.17, 15) is 28.0 Å². The smallest absolute Gasteiger partial charge is 0.416 e. The molecule has 10 heteroatoms. The molecule has 172 valence electrons. The number of hydrogen-bond donors (Lipinski definition) is 1. The minimum absolute atomic E-state index is 0.0619. The van der Waals surface area contributed by atoms with Crippen molar-refractivity contribution in [2.75, 3.05) is 43.1 Å². The SMILES string of the molecule is N#CC(=Cc1ccccc1)C(=O)OCC(=O)Nc1cc(C(F)(F)F)ccc1N1CCOCC1. The van der Waals surface area contributed by atoms with Crippen LogP contribution in [0, 0.1) is 11.3 Å². The molecule has 2 aromatic carbocycles. The first-order valence-corrected chi connectivity index (χ1v) is 9.95. The summed E-state index contributed by atoms with van der Waals surface area (Å²) in [4.78, 5) is 26.3. The number of anilines is 2. The molecule has 1 fully saturated rings. The summed E-state index contributed by atoms with van der Waals surface area (Å²) < 4.78 is 49.7. The fourth-order valence-corrected chi connectivity index (χ4v) is 3.14. The fraction of sp³-hybridized carbons (Fsp3) is 0.261. The first kappa shape index (κ1) is 23.8. The van der Waals surface area contributed by atoms with E-state index in [1.165, 1.54) is 12.1 Å². The van der Waals surface area contributed by atoms with E-state index in [2.05, 4.69) is 5.32 Å². The number of nitrogens with zero attached hydrogens (tertiary/aromatic N) is 2. The van der Waals surface area contributed by atoms with Crippen LogP contribution >= 0.6 is 0 Å². The summed E-state index contributed by atoms with van der Waals surface area (Å²) in [6.07, 6.45) is -3.29. The van der Waals surface area contributed by atoms with Crippen molar-refractivity contribution in [3.05, 3.63) is 65.2 Å². The lowest BCUT2D eigenvalue weighted by atomic mass is 10.1. The van der Waals surface area contributed by atoms with Crippen LogP contribution in [0.1, 0.15) is 11.1 Å². The van der Waals surface area contributed by atoms with Crippen LogP contribution in [-0.2, 0) is 25.2 Å². The zero-order valence-electron chi connectivity index (χ0n) is 17.4. The number of morpholine rings is 1. The molecule has 0 bridgehead atoms. The first-order valence-electron chi connectivity index (χ1n) is 9.95. The standard InChI is InChI=1S/C23H20F3N3O4/c24-23(25,26)18-6-7-20(29-8-10-32-11-9-29)19(13-18)28-21(30)15-33-22(31)17(14-27)12-16-4-2-1-3-5-16/h1-7,12-13H,8-11,15H2,(H,28,30). The van der Waals surface area contributed by atoms with Crippen molar-refractivity contribution < 1.29 is 32.2 Å². The minimum atomic E-state index is -4.60. The van der Waals surface area contributed by atoms with E-state index in [1.54, 1.807) is 41.3 Å². The molecule has 1 saturated heterocycles. The van der Waals surface area contributed by atoms with E-state index in [1.807, 2.05) is 0 Å². The van der Waals surface area contributed by atoms with Gasteiger partial charge in [0, 0.05) is 13.1 Å². The number of rotatable bonds is 6. The summed E-state index contributed by atoms with van der Waals surface area (Å²) >= 11 is 0. The van der Waals surface area contributed by atoms with Crippen LogP contribution in [-0.4, -0.2) is 44.8 Å². The van der Waals surface area contributed by atoms with E-state index < -0.39 is 30.2 Å². The Morgan fingerprint density at radius 3 is 2.48 bits per heavy atom. The van der Waals surface area contributed by atoms with Crippen molar-refractivity contribution in [3.8, 4) is 6.07 Å². The van der Waals surface area contributed by atoms with Gasteiger partial charge in [-0.15, -0.1) is 0 Å². The molecular weight excluding hydrogens is 439 g/mol. The number of halogens is 3. The summed E-state index contributed by atoms with van der Waals surface area (Å²) in [5.41, 5.74) is -0.318. The zero-order chi connectivity index (χ0) is 23.8. The van der Waals surface area contributed by atoms with E-state index >= 15 is 0 Å². The molecule has 1 N–H and O–H groups in total. The Labute approximate surface area is 188 Å². The summed E-state index contributed by atoms with van der Waals surface area (Å²) in [7, 11) is 0. The van der Waals surface area contributed by atoms with Crippen molar-refractivity contribution >= 4 is 29.3 Å². The maximum Gasteiger partial charge on any atom is 0.416 e. The maximum absolute atomic E-state index is 13.2. The Balaban J connectivity index is 1.71. The Kier molecular flexibility index (Phi) is 7.69. The van der Waals surface area contributed by atoms with Gasteiger partial charge in [0.2, 0.25) is 0 Å². The topological polar surface area (TPSA) is 91.7 Å². The van der Waals surface area contributed by atoms with Gasteiger partial charge in [-0.1, -0.05) is 30.3 Å². The molecule has 1 heterocycles. The Bertz CT molecular complexity index is 1070. The highest BCUT2D eigenvalue weighted by atomic mass is 19.4. The predicted octanol–water partition coefficient (Wildman–Crippen LogP) is 3.63. The summed E-state index contributed by atoms with van der Waals surface area (Å²) in [6.45, 7) is 0.914. The first-order chi connectivity index (χ1) is 15.8. The highest BCUT2D eigenvalue weighted by Crippen LogP contribution is 2.35. The van der Waals surface area contributed by atoms with Gasteiger partial charge in [-0.25, -0.2) is 4.79 Å². The van der Waals surface area contributed by atoms with Gasteiger partial charge in [0.15, 0.2) is 6.61 Å². The second kappa shape index (κ2) is 10.7. The minimum Gasteiger partial charge on any atom is -0.451 e. The number of nitrogens with one attached hydrogen (secondary N) is 1. The average molecular weight is 459 g/mol. The van der Waals surface area contributed by atoms with Crippen LogP contribution in [0.15, 0.2) is 54.1 Å². The van der Waals surface area contributed by atoms with Crippen LogP contribution in [0.3, 0.4) is 0 Å². The number of esters is 1. The van der Waals surface area contributed by atoms with Gasteiger partial charge in [-0.05, 0) is 29.8 Å². The van der Waals surface area contributed by atoms with Crippen molar-refractivity contribution in [2.24, 2.45) is 0 Å². The molecule has 1 aliphatic heterocycles. The lowest BCUT2D eigenvalue weighted by Crippen LogP contribution is -2.37. The van der Waals surface area contributed by atoms with Crippen molar-refractivity contribution in [3.63, 3.8) is 0 Å². The maximum atomic E-state index is 13.2. The molecule has 0 unspecified atom stereocenters. The summed E-state index contributed by atoms with van der Waals surface area (Å²) in [5.74, 6) is -1.86. The van der Waals surface area contributed by atoms with Crippen molar-refractivity contribution in [1.82, 2.24) is 0 Å². The van der Waals surface area contributed by atoms with Gasteiger partial charge in [0.1, 0.15) is 11.6 Å². The van der Waals surface area contributed by atoms with Gasteiger partial charge in [0.25, 0.3) is 5.91 Å². The van der Waals surface area contributed by atoms with Gasteiger partial charge < -0.3 is 19.7 Å². The van der Waals surface area contributed by atoms with E-state index in [4.69, 9.17) is 9.47 Å². The zero-order valence-corrected chi connectivity index (χ0v) is 17.4. The molecule has 0 aliphatic carbocycles. The number of alkyl halides is 3. The third-order valence-electron chi connectivity index (χ3n) is 4.74. The summed E-state index contributed by atoms with van der Waals surface area (Å²) in [6, 6.07) is 13.3. The monoisotopic (exact) mass is 459 g/mol. The quantitative estimate of drug-likeness (QED) is 0.403. The van der Waals surface area contributed by atoms with Gasteiger partial charge >= 0.3 is 12.1 Å². The lowest BCUT2D eigenvalue weighted by Gasteiger charge is -2.31. The van der Waals surface area contributed by atoms with Crippen LogP contribution in [0.5, 0.6) is 0 Å². The second-order valence-electron chi connectivity index (χ2n) is 7.03. The van der Waals surface area contributed by atoms with E-state index in [0.717, 1.165) is 12.1 Å². The number of carbonyl (C=O) groups is 2. The number of ether oxygens (including phenoxy) is 2. The molecule has 3 rings (SSSR count). The normalized spacial score (nSPS) is 14.4. The van der Waals surface area contributed by atoms with E-state index in [0.29, 0.717) is 37.6 Å². The van der Waals surface area contributed by atoms with Gasteiger partial charge in [0.05, 0.1) is 30.2 Å². The number of amides is 1. The molecule has 0 aromatic heterocycles. The Morgan fingerprint density at radius 1 is 1.15 bits per heavy atom. The highest BCUT2D eigenvalue weighted by molar-refractivity contribution is 6.01. The summed E-state index contributed by atoms with van der Waals surface area (Å²) in [5, 5.41) is 11.6. The average Bonchev–Trinajstić information content (AvgIpc) is 2.81. The van der Waals surface area contributed by atoms with E-state index in [-0.39, 0.29) is 11.3 Å². The molecule has 1 amide bonds. The molecule has 0 spiro atoms. The molecule has 0 atom stereocenters. The highest BCUT2D eigenvalue weighted by Gasteiger charge is 2.32. The van der Waals surface area contributed by atoms with Crippen LogP contribution < -0.4 is 10.2 Å². The third-order valence-corrected chi connectivity index (χ3v) is 4.74. The van der Waals surface area contributed by atoms with Crippen LogP contribution in [0.25, 0.3) is 6.08 Å². The number of carbonyl (C=O) groups excluding carboxylic acids is 2. The number of benzene rings is 2. The molecular formula is C23H20F3N3O4. The van der Waals surface area contributed by atoms with Crippen molar-refractivity contribution in [2.45, 2.75) is 6.18 Å². The second-order valence-corrected chi connectivity index (χ2v) is 7.03. The van der Waals surface area contributed by atoms with Crippen molar-refractivity contribution in [1.29, 1.82) is 5.26 Å². The largest absolute Gasteiger partial charge is 0.451 e. The molecule has 2 aromatic rings. The molecule has 0 radical (unpaired) electrons. The lowest BCUT2D eigenvalue weighted by molar-refractivity contribution is -0.142. The van der Waals surface area contributed by atoms with Gasteiger partial charge in [-0.2, -0.15) is 18.4 Å². The van der Waals surface area contributed by atoms with Crippen LogP contribution in [0.2, 0.25) is 0 Å². The van der Waals surface area contributed by atoms with Gasteiger partial charge in [-0.3, -0.25) is 4.79 Å². The molecule has 1 aliphatic rings. The molecule has 7 nitrogen and oxygen atoms in total. The predicted molar refractivity (Wildman–Crippen MR) is 114 cm³/mol. The Hall–Kier alpha value is -3.84. The third kappa shape index (κ3) is 6.57. The fourth-order valence-electron chi connectivity index (χ4n) is 3.14. The Morgan fingerprint density at radius 2 is 1.85 bits per heavy atom. The molecule has 33 heavy (non-hydrogen) atoms.